The summed E-state index contributed by atoms with van der Waals surface area (Å²) in [5, 5.41) is 5.83. The highest BCUT2D eigenvalue weighted by Gasteiger charge is 2.15. The maximum atomic E-state index is 12.2. The number of nitrogens with one attached hydrogen (secondary N) is 2. The standard InChI is InChI=1S/C20H16BrClN2O3/c1-12-10-13(21)6-7-16(12)24-19(25)11-23-20(26)18-9-8-17(27-18)14-4-2-3-5-15(14)22/h2-10H,11H2,1H3,(H,23,26)(H,24,25). The molecule has 0 bridgehead atoms. The summed E-state index contributed by atoms with van der Waals surface area (Å²) in [6, 6.07) is 15.9. The Kier molecular flexibility index (Phi) is 5.98. The number of amides is 2. The van der Waals surface area contributed by atoms with Crippen molar-refractivity contribution in [3.05, 3.63) is 75.4 Å². The molecule has 0 fully saturated rings. The quantitative estimate of drug-likeness (QED) is 0.575. The van der Waals surface area contributed by atoms with E-state index >= 15 is 0 Å². The van der Waals surface area contributed by atoms with Crippen LogP contribution in [0, 0.1) is 6.92 Å². The van der Waals surface area contributed by atoms with Crippen LogP contribution in [-0.4, -0.2) is 18.4 Å². The van der Waals surface area contributed by atoms with Crippen LogP contribution in [0.2, 0.25) is 5.02 Å². The lowest BCUT2D eigenvalue weighted by molar-refractivity contribution is -0.115. The number of carbonyl (C=O) groups is 2. The molecule has 3 rings (SSSR count). The van der Waals surface area contributed by atoms with Crippen LogP contribution in [0.1, 0.15) is 16.1 Å². The number of halogens is 2. The van der Waals surface area contributed by atoms with Gasteiger partial charge in [0.2, 0.25) is 5.91 Å². The van der Waals surface area contributed by atoms with E-state index in [1.54, 1.807) is 30.3 Å². The zero-order valence-electron chi connectivity index (χ0n) is 14.4. The molecule has 1 aromatic heterocycles. The second-order valence-corrected chi connectivity index (χ2v) is 7.16. The molecule has 2 N–H and O–H groups in total. The number of furan rings is 1. The number of hydrogen-bond donors (Lipinski definition) is 2. The average Bonchev–Trinajstić information content (AvgIpc) is 3.12. The van der Waals surface area contributed by atoms with Crippen molar-refractivity contribution in [2.24, 2.45) is 0 Å². The Morgan fingerprint density at radius 3 is 2.63 bits per heavy atom. The summed E-state index contributed by atoms with van der Waals surface area (Å²) in [6.07, 6.45) is 0. The minimum atomic E-state index is -0.476. The molecule has 0 aliphatic heterocycles. The van der Waals surface area contributed by atoms with E-state index in [1.165, 1.54) is 0 Å². The first-order chi connectivity index (χ1) is 12.9. The molecule has 27 heavy (non-hydrogen) atoms. The SMILES string of the molecule is Cc1cc(Br)ccc1NC(=O)CNC(=O)c1ccc(-c2ccccc2Cl)o1. The molecule has 138 valence electrons. The second-order valence-electron chi connectivity index (χ2n) is 5.83. The van der Waals surface area contributed by atoms with Crippen molar-refractivity contribution < 1.29 is 14.0 Å². The summed E-state index contributed by atoms with van der Waals surface area (Å²) in [7, 11) is 0. The van der Waals surface area contributed by atoms with E-state index in [0.29, 0.717) is 22.0 Å². The van der Waals surface area contributed by atoms with E-state index in [9.17, 15) is 9.59 Å². The van der Waals surface area contributed by atoms with Gasteiger partial charge in [0.1, 0.15) is 5.76 Å². The van der Waals surface area contributed by atoms with Crippen molar-refractivity contribution in [2.75, 3.05) is 11.9 Å². The third kappa shape index (κ3) is 4.78. The lowest BCUT2D eigenvalue weighted by atomic mass is 10.2. The van der Waals surface area contributed by atoms with E-state index in [2.05, 4.69) is 26.6 Å². The van der Waals surface area contributed by atoms with Gasteiger partial charge in [-0.1, -0.05) is 39.7 Å². The number of benzene rings is 2. The van der Waals surface area contributed by atoms with Gasteiger partial charge in [0, 0.05) is 15.7 Å². The zero-order chi connectivity index (χ0) is 19.4. The summed E-state index contributed by atoms with van der Waals surface area (Å²) in [5.74, 6) is -0.208. The molecule has 0 aliphatic rings. The molecular formula is C20H16BrClN2O3. The molecule has 7 heteroatoms. The second kappa shape index (κ2) is 8.41. The van der Waals surface area contributed by atoms with Crippen LogP contribution in [0.5, 0.6) is 0 Å². The highest BCUT2D eigenvalue weighted by Crippen LogP contribution is 2.29. The highest BCUT2D eigenvalue weighted by molar-refractivity contribution is 9.10. The van der Waals surface area contributed by atoms with Gasteiger partial charge in [-0.2, -0.15) is 0 Å². The number of carbonyl (C=O) groups excluding carboxylic acids is 2. The van der Waals surface area contributed by atoms with Crippen molar-refractivity contribution in [1.29, 1.82) is 0 Å². The third-order valence-electron chi connectivity index (χ3n) is 3.84. The molecular weight excluding hydrogens is 432 g/mol. The fourth-order valence-electron chi connectivity index (χ4n) is 2.48. The predicted molar refractivity (Wildman–Crippen MR) is 109 cm³/mol. The predicted octanol–water partition coefficient (Wildman–Crippen LogP) is 5.04. The molecule has 0 unspecified atom stereocenters. The van der Waals surface area contributed by atoms with Crippen LogP contribution in [0.4, 0.5) is 5.69 Å². The molecule has 0 aliphatic carbocycles. The van der Waals surface area contributed by atoms with Gasteiger partial charge in [0.25, 0.3) is 5.91 Å². The Morgan fingerprint density at radius 1 is 1.11 bits per heavy atom. The first-order valence-electron chi connectivity index (χ1n) is 8.13. The van der Waals surface area contributed by atoms with Crippen LogP contribution in [0.25, 0.3) is 11.3 Å². The summed E-state index contributed by atoms with van der Waals surface area (Å²) >= 11 is 9.51. The minimum absolute atomic E-state index is 0.109. The number of anilines is 1. The molecule has 5 nitrogen and oxygen atoms in total. The van der Waals surface area contributed by atoms with E-state index in [4.69, 9.17) is 16.0 Å². The molecule has 0 saturated carbocycles. The van der Waals surface area contributed by atoms with E-state index in [0.717, 1.165) is 10.0 Å². The van der Waals surface area contributed by atoms with E-state index in [-0.39, 0.29) is 18.2 Å². The van der Waals surface area contributed by atoms with Gasteiger partial charge in [-0.05, 0) is 55.0 Å². The first-order valence-corrected chi connectivity index (χ1v) is 9.30. The molecule has 2 aromatic carbocycles. The molecule has 3 aromatic rings. The molecule has 1 heterocycles. The van der Waals surface area contributed by atoms with Gasteiger partial charge >= 0.3 is 0 Å². The summed E-state index contributed by atoms with van der Waals surface area (Å²) < 4.78 is 6.49. The van der Waals surface area contributed by atoms with Gasteiger partial charge in [-0.25, -0.2) is 0 Å². The highest BCUT2D eigenvalue weighted by atomic mass is 79.9. The molecule has 0 saturated heterocycles. The van der Waals surface area contributed by atoms with Crippen molar-refractivity contribution in [1.82, 2.24) is 5.32 Å². The van der Waals surface area contributed by atoms with E-state index in [1.807, 2.05) is 31.2 Å². The fraction of sp³-hybridized carbons (Fsp3) is 0.100. The monoisotopic (exact) mass is 446 g/mol. The largest absolute Gasteiger partial charge is 0.451 e. The van der Waals surface area contributed by atoms with Gasteiger partial charge in [-0.15, -0.1) is 0 Å². The topological polar surface area (TPSA) is 71.3 Å². The van der Waals surface area contributed by atoms with Gasteiger partial charge in [-0.3, -0.25) is 9.59 Å². The molecule has 0 atom stereocenters. The Labute approximate surface area is 169 Å². The normalized spacial score (nSPS) is 10.5. The summed E-state index contributed by atoms with van der Waals surface area (Å²) in [5.41, 5.74) is 2.30. The molecule has 0 spiro atoms. The van der Waals surface area contributed by atoms with Crippen LogP contribution in [0.3, 0.4) is 0 Å². The Morgan fingerprint density at radius 2 is 1.89 bits per heavy atom. The lowest BCUT2D eigenvalue weighted by Gasteiger charge is -2.09. The first kappa shape index (κ1) is 19.2. The number of hydrogen-bond acceptors (Lipinski definition) is 3. The smallest absolute Gasteiger partial charge is 0.287 e. The zero-order valence-corrected chi connectivity index (χ0v) is 16.7. The van der Waals surface area contributed by atoms with Crippen molar-refractivity contribution in [3.63, 3.8) is 0 Å². The lowest BCUT2D eigenvalue weighted by Crippen LogP contribution is -2.32. The number of rotatable bonds is 5. The van der Waals surface area contributed by atoms with Crippen LogP contribution in [-0.2, 0) is 4.79 Å². The maximum absolute atomic E-state index is 12.2. The average molecular weight is 448 g/mol. The summed E-state index contributed by atoms with van der Waals surface area (Å²) in [6.45, 7) is 1.72. The van der Waals surface area contributed by atoms with Crippen LogP contribution in [0.15, 0.2) is 63.5 Å². The van der Waals surface area contributed by atoms with Crippen molar-refractivity contribution in [3.8, 4) is 11.3 Å². The fourth-order valence-corrected chi connectivity index (χ4v) is 3.18. The van der Waals surface area contributed by atoms with E-state index < -0.39 is 5.91 Å². The Bertz CT molecular complexity index is 1000. The van der Waals surface area contributed by atoms with Crippen molar-refractivity contribution in [2.45, 2.75) is 6.92 Å². The maximum Gasteiger partial charge on any atom is 0.287 e. The van der Waals surface area contributed by atoms with Crippen LogP contribution < -0.4 is 10.6 Å². The van der Waals surface area contributed by atoms with Gasteiger partial charge < -0.3 is 15.1 Å². The van der Waals surface area contributed by atoms with Crippen LogP contribution >= 0.6 is 27.5 Å². The van der Waals surface area contributed by atoms with Crippen molar-refractivity contribution >= 4 is 45.0 Å². The number of aryl methyl sites for hydroxylation is 1. The molecule has 0 radical (unpaired) electrons. The summed E-state index contributed by atoms with van der Waals surface area (Å²) in [4.78, 5) is 24.3. The van der Waals surface area contributed by atoms with Gasteiger partial charge in [0.05, 0.1) is 11.6 Å². The Hall–Kier alpha value is -2.57. The third-order valence-corrected chi connectivity index (χ3v) is 4.66. The van der Waals surface area contributed by atoms with Gasteiger partial charge in [0.15, 0.2) is 5.76 Å². The molecule has 2 amide bonds. The minimum Gasteiger partial charge on any atom is -0.451 e. The Balaban J connectivity index is 1.59.